The van der Waals surface area contributed by atoms with Crippen LogP contribution in [0.25, 0.3) is 0 Å². The van der Waals surface area contributed by atoms with Gasteiger partial charge in [0.15, 0.2) is 9.84 Å². The maximum Gasteiger partial charge on any atom is 0.435 e. The Morgan fingerprint density at radius 3 is 2.19 bits per heavy atom. The van der Waals surface area contributed by atoms with E-state index in [1.54, 1.807) is 0 Å². The van der Waals surface area contributed by atoms with Gasteiger partial charge in [0.05, 0.1) is 10.9 Å². The van der Waals surface area contributed by atoms with Crippen molar-refractivity contribution in [1.82, 2.24) is 4.90 Å². The molecule has 16 heteroatoms. The van der Waals surface area contributed by atoms with Gasteiger partial charge in [0.2, 0.25) is 5.91 Å². The number of likely N-dealkylation sites (tertiary alicyclic amines) is 1. The molecule has 1 amide bonds. The summed E-state index contributed by atoms with van der Waals surface area (Å²) in [6.07, 6.45) is -12.5. The number of benzene rings is 2. The number of hydrogen-bond donors (Lipinski definition) is 0. The SMILES string of the molecule is CN1CC2N(C(=O)C3CCS(=O)CC3)CCC2(S(=O)(=O)c2cccc(F)c2)c2ccc(C(F)(C(F)(F)F)C(F)(F)F)cc21. The van der Waals surface area contributed by atoms with Crippen LogP contribution in [-0.2, 0) is 35.8 Å². The Balaban J connectivity index is 1.71. The second-order valence-electron chi connectivity index (χ2n) is 11.0. The van der Waals surface area contributed by atoms with Gasteiger partial charge in [-0.3, -0.25) is 9.00 Å². The fraction of sp³-hybridized carbons (Fsp3) is 0.519. The number of anilines is 1. The van der Waals surface area contributed by atoms with Gasteiger partial charge in [-0.15, -0.1) is 0 Å². The summed E-state index contributed by atoms with van der Waals surface area (Å²) in [4.78, 5) is 15.7. The van der Waals surface area contributed by atoms with E-state index < -0.39 is 83.2 Å². The second kappa shape index (κ2) is 10.4. The van der Waals surface area contributed by atoms with Crippen molar-refractivity contribution in [2.75, 3.05) is 36.5 Å². The summed E-state index contributed by atoms with van der Waals surface area (Å²) < 4.78 is 149. The number of carbonyl (C=O) groups is 1. The van der Waals surface area contributed by atoms with Crippen molar-refractivity contribution < 1.29 is 52.5 Å². The minimum absolute atomic E-state index is 0.134. The van der Waals surface area contributed by atoms with E-state index in [1.807, 2.05) is 0 Å². The summed E-state index contributed by atoms with van der Waals surface area (Å²) in [5, 5.41) is 0. The highest BCUT2D eigenvalue weighted by Gasteiger charge is 2.74. The molecule has 0 aromatic heterocycles. The van der Waals surface area contributed by atoms with Crippen molar-refractivity contribution in [1.29, 1.82) is 0 Å². The third kappa shape index (κ3) is 4.73. The monoisotopic (exact) mass is 658 g/mol. The van der Waals surface area contributed by atoms with Gasteiger partial charge in [-0.25, -0.2) is 17.2 Å². The molecule has 236 valence electrons. The average Bonchev–Trinajstić information content (AvgIpc) is 3.32. The number of likely N-dealkylation sites (N-methyl/N-ethyl adjacent to an activating group) is 1. The lowest BCUT2D eigenvalue weighted by atomic mass is 9.82. The van der Waals surface area contributed by atoms with Crippen LogP contribution in [0.2, 0.25) is 0 Å². The molecule has 2 aromatic rings. The first-order valence-corrected chi connectivity index (χ1v) is 16.2. The number of hydrogen-bond acceptors (Lipinski definition) is 5. The molecule has 0 saturated carbocycles. The summed E-state index contributed by atoms with van der Waals surface area (Å²) in [5.74, 6) is -1.34. The maximum atomic E-state index is 15.0. The molecule has 0 spiro atoms. The van der Waals surface area contributed by atoms with Gasteiger partial charge in [-0.2, -0.15) is 26.3 Å². The average molecular weight is 659 g/mol. The van der Waals surface area contributed by atoms with Crippen LogP contribution in [0.5, 0.6) is 0 Å². The zero-order chi connectivity index (χ0) is 31.8. The maximum absolute atomic E-state index is 15.0. The quantitative estimate of drug-likeness (QED) is 0.433. The van der Waals surface area contributed by atoms with Crippen LogP contribution < -0.4 is 4.90 Å². The topological polar surface area (TPSA) is 74.8 Å². The molecule has 2 atom stereocenters. The minimum Gasteiger partial charge on any atom is -0.372 e. The van der Waals surface area contributed by atoms with E-state index in [1.165, 1.54) is 16.8 Å². The first kappa shape index (κ1) is 31.7. The van der Waals surface area contributed by atoms with Crippen LogP contribution in [0.15, 0.2) is 47.4 Å². The van der Waals surface area contributed by atoms with Crippen molar-refractivity contribution in [2.45, 2.75) is 53.0 Å². The third-order valence-corrected chi connectivity index (χ3v) is 12.6. The Hall–Kier alpha value is -2.75. The number of sulfone groups is 1. The molecule has 43 heavy (non-hydrogen) atoms. The molecule has 2 unspecified atom stereocenters. The van der Waals surface area contributed by atoms with Crippen molar-refractivity contribution in [3.05, 3.63) is 59.4 Å². The Labute approximate surface area is 244 Å². The van der Waals surface area contributed by atoms with Crippen LogP contribution in [0, 0.1) is 11.7 Å². The summed E-state index contributed by atoms with van der Waals surface area (Å²) in [5.41, 5.74) is -8.16. The lowest BCUT2D eigenvalue weighted by Crippen LogP contribution is -2.58. The molecular weight excluding hydrogens is 632 g/mol. The fourth-order valence-corrected chi connectivity index (χ4v) is 10.2. The Morgan fingerprint density at radius 1 is 0.977 bits per heavy atom. The van der Waals surface area contributed by atoms with Crippen molar-refractivity contribution in [2.24, 2.45) is 5.92 Å². The summed E-state index contributed by atoms with van der Waals surface area (Å²) in [6.45, 7) is -0.475. The van der Waals surface area contributed by atoms with Gasteiger partial charge >= 0.3 is 18.0 Å². The lowest BCUT2D eigenvalue weighted by molar-refractivity contribution is -0.348. The second-order valence-corrected chi connectivity index (χ2v) is 14.9. The van der Waals surface area contributed by atoms with Crippen molar-refractivity contribution >= 4 is 32.2 Å². The molecule has 0 bridgehead atoms. The minimum atomic E-state index is -6.39. The molecule has 3 aliphatic heterocycles. The number of nitrogens with zero attached hydrogens (tertiary/aromatic N) is 2. The number of amides is 1. The van der Waals surface area contributed by atoms with Gasteiger partial charge in [-0.05, 0) is 49.1 Å². The third-order valence-electron chi connectivity index (χ3n) is 8.74. The first-order chi connectivity index (χ1) is 19.9. The van der Waals surface area contributed by atoms with E-state index in [0.717, 1.165) is 30.3 Å². The molecule has 3 aliphatic rings. The molecule has 2 fully saturated rings. The van der Waals surface area contributed by atoms with Gasteiger partial charge in [0, 0.05) is 59.6 Å². The van der Waals surface area contributed by atoms with E-state index >= 15 is 4.39 Å². The van der Waals surface area contributed by atoms with Crippen LogP contribution in [0.4, 0.5) is 40.8 Å². The first-order valence-electron chi connectivity index (χ1n) is 13.2. The molecule has 0 aliphatic carbocycles. The van der Waals surface area contributed by atoms with E-state index in [-0.39, 0.29) is 42.6 Å². The van der Waals surface area contributed by atoms with Gasteiger partial charge in [-0.1, -0.05) is 18.2 Å². The van der Waals surface area contributed by atoms with E-state index in [4.69, 9.17) is 0 Å². The normalized spacial score (nSPS) is 26.7. The molecule has 0 radical (unpaired) electrons. The molecule has 5 rings (SSSR count). The number of rotatable bonds is 4. The standard InChI is InChI=1S/C27H26F8N2O4S2/c1-36-15-22-24(43(40,41)19-4-2-3-18(28)14-19,9-10-37(22)23(38)16-7-11-42(39)12-8-16)20-6-5-17(13-21(20)36)25(29,26(30,31)32)27(33,34)35/h2-6,13-14,16,22H,7-12,15H2,1H3. The molecule has 3 heterocycles. The molecule has 2 aromatic carbocycles. The summed E-state index contributed by atoms with van der Waals surface area (Å²) in [7, 11) is -4.49. The van der Waals surface area contributed by atoms with Crippen LogP contribution >= 0.6 is 0 Å². The number of alkyl halides is 7. The Kier molecular flexibility index (Phi) is 7.67. The van der Waals surface area contributed by atoms with Crippen molar-refractivity contribution in [3.8, 4) is 0 Å². The number of halogens is 8. The van der Waals surface area contributed by atoms with Crippen LogP contribution in [-0.4, -0.2) is 73.5 Å². The molecule has 2 saturated heterocycles. The largest absolute Gasteiger partial charge is 0.435 e. The fourth-order valence-electron chi connectivity index (χ4n) is 6.53. The molecule has 0 N–H and O–H groups in total. The summed E-state index contributed by atoms with van der Waals surface area (Å²) >= 11 is 0. The lowest BCUT2D eigenvalue weighted by Gasteiger charge is -2.47. The molecular formula is C27H26F8N2O4S2. The van der Waals surface area contributed by atoms with E-state index in [2.05, 4.69) is 0 Å². The van der Waals surface area contributed by atoms with E-state index in [9.17, 15) is 48.2 Å². The van der Waals surface area contributed by atoms with Crippen molar-refractivity contribution in [3.63, 3.8) is 0 Å². The highest BCUT2D eigenvalue weighted by atomic mass is 32.2. The highest BCUT2D eigenvalue weighted by Crippen LogP contribution is 2.57. The van der Waals surface area contributed by atoms with Gasteiger partial charge < -0.3 is 9.80 Å². The Bertz CT molecular complexity index is 1560. The predicted octanol–water partition coefficient (Wildman–Crippen LogP) is 4.99. The van der Waals surface area contributed by atoms with Gasteiger partial charge in [0.25, 0.3) is 0 Å². The number of carbonyl (C=O) groups excluding carboxylic acids is 1. The van der Waals surface area contributed by atoms with Gasteiger partial charge in [0.1, 0.15) is 10.6 Å². The van der Waals surface area contributed by atoms with Crippen LogP contribution in [0.3, 0.4) is 0 Å². The summed E-state index contributed by atoms with van der Waals surface area (Å²) in [6, 6.07) is 4.15. The highest BCUT2D eigenvalue weighted by molar-refractivity contribution is 7.92. The van der Waals surface area contributed by atoms with E-state index in [0.29, 0.717) is 18.9 Å². The number of fused-ring (bicyclic) bond motifs is 3. The smallest absolute Gasteiger partial charge is 0.372 e. The van der Waals surface area contributed by atoms with Crippen LogP contribution in [0.1, 0.15) is 30.4 Å². The zero-order valence-corrected chi connectivity index (χ0v) is 24.1. The predicted molar refractivity (Wildman–Crippen MR) is 141 cm³/mol. The Morgan fingerprint density at radius 2 is 1.60 bits per heavy atom. The molecule has 6 nitrogen and oxygen atoms in total. The zero-order valence-electron chi connectivity index (χ0n) is 22.5.